The van der Waals surface area contributed by atoms with Crippen LogP contribution in [-0.2, 0) is 14.3 Å². The standard InChI is InChI=1S/C27H45N3O4/c1-10-12-13-16-28-24(31)23(21-17-18(3)14-15-20(21)5)30(9)25(32)22(19(4)11-2)29-26(33)34-27(6,7)8/h14-15,17,19,22-23H,10-13,16H2,1-9H3,(H,28,31)(H,29,33). The minimum Gasteiger partial charge on any atom is -0.444 e. The van der Waals surface area contributed by atoms with Gasteiger partial charge in [-0.05, 0) is 58.1 Å². The average Bonchev–Trinajstić information content (AvgIpc) is 2.75. The summed E-state index contributed by atoms with van der Waals surface area (Å²) in [5.74, 6) is -0.690. The number of carbonyl (C=O) groups excluding carboxylic acids is 3. The first-order valence-corrected chi connectivity index (χ1v) is 12.4. The highest BCUT2D eigenvalue weighted by Crippen LogP contribution is 2.26. The molecule has 0 aromatic heterocycles. The van der Waals surface area contributed by atoms with Gasteiger partial charge in [0.1, 0.15) is 17.7 Å². The molecule has 7 nitrogen and oxygen atoms in total. The number of ether oxygens (including phenoxy) is 1. The van der Waals surface area contributed by atoms with Crippen molar-refractivity contribution in [1.82, 2.24) is 15.5 Å². The lowest BCUT2D eigenvalue weighted by molar-refractivity contribution is -0.141. The molecule has 0 aliphatic rings. The summed E-state index contributed by atoms with van der Waals surface area (Å²) in [6.45, 7) is 15.8. The summed E-state index contributed by atoms with van der Waals surface area (Å²) in [5, 5.41) is 5.76. The van der Waals surface area contributed by atoms with Crippen molar-refractivity contribution in [2.75, 3.05) is 13.6 Å². The van der Waals surface area contributed by atoms with Gasteiger partial charge in [0.15, 0.2) is 0 Å². The summed E-state index contributed by atoms with van der Waals surface area (Å²) in [5.41, 5.74) is 2.04. The van der Waals surface area contributed by atoms with E-state index >= 15 is 0 Å². The second kappa shape index (κ2) is 13.4. The smallest absolute Gasteiger partial charge is 0.408 e. The van der Waals surface area contributed by atoms with Crippen molar-refractivity contribution in [2.45, 2.75) is 98.8 Å². The Balaban J connectivity index is 3.29. The molecule has 7 heteroatoms. The predicted molar refractivity (Wildman–Crippen MR) is 137 cm³/mol. The number of nitrogens with one attached hydrogen (secondary N) is 2. The van der Waals surface area contributed by atoms with E-state index in [0.717, 1.165) is 36.0 Å². The summed E-state index contributed by atoms with van der Waals surface area (Å²) < 4.78 is 5.40. The molecule has 2 N–H and O–H groups in total. The average molecular weight is 476 g/mol. The molecule has 0 saturated heterocycles. The van der Waals surface area contributed by atoms with E-state index in [2.05, 4.69) is 17.6 Å². The first-order chi connectivity index (χ1) is 15.8. The molecule has 1 aromatic rings. The molecule has 0 bridgehead atoms. The van der Waals surface area contributed by atoms with Crippen molar-refractivity contribution in [3.8, 4) is 0 Å². The number of alkyl carbamates (subject to hydrolysis) is 1. The molecular weight excluding hydrogens is 430 g/mol. The fourth-order valence-corrected chi connectivity index (χ4v) is 3.73. The Morgan fingerprint density at radius 2 is 1.74 bits per heavy atom. The number of hydrogen-bond donors (Lipinski definition) is 2. The number of hydrogen-bond acceptors (Lipinski definition) is 4. The van der Waals surface area contributed by atoms with Crippen LogP contribution in [0.4, 0.5) is 4.79 Å². The van der Waals surface area contributed by atoms with Gasteiger partial charge < -0.3 is 20.3 Å². The van der Waals surface area contributed by atoms with Gasteiger partial charge in [0, 0.05) is 13.6 Å². The molecule has 1 rings (SSSR count). The molecule has 0 aliphatic carbocycles. The number of amides is 3. The van der Waals surface area contributed by atoms with E-state index in [4.69, 9.17) is 4.74 Å². The molecule has 0 fully saturated rings. The largest absolute Gasteiger partial charge is 0.444 e. The van der Waals surface area contributed by atoms with Crippen LogP contribution in [0, 0.1) is 19.8 Å². The Bertz CT molecular complexity index is 832. The molecule has 3 amide bonds. The highest BCUT2D eigenvalue weighted by Gasteiger charge is 2.36. The first-order valence-electron chi connectivity index (χ1n) is 12.4. The van der Waals surface area contributed by atoms with Crippen LogP contribution < -0.4 is 10.6 Å². The fraction of sp³-hybridized carbons (Fsp3) is 0.667. The maximum atomic E-state index is 13.7. The first kappa shape index (κ1) is 29.5. The molecule has 1 aromatic carbocycles. The van der Waals surface area contributed by atoms with Crippen molar-refractivity contribution in [3.05, 3.63) is 34.9 Å². The maximum absolute atomic E-state index is 13.7. The normalized spacial score (nSPS) is 14.0. The second-order valence-electron chi connectivity index (χ2n) is 10.2. The van der Waals surface area contributed by atoms with Crippen molar-refractivity contribution >= 4 is 17.9 Å². The highest BCUT2D eigenvalue weighted by molar-refractivity contribution is 5.92. The Morgan fingerprint density at radius 1 is 1.09 bits per heavy atom. The van der Waals surface area contributed by atoms with Gasteiger partial charge in [0.05, 0.1) is 0 Å². The molecule has 34 heavy (non-hydrogen) atoms. The van der Waals surface area contributed by atoms with Gasteiger partial charge in [-0.15, -0.1) is 0 Å². The molecule has 3 unspecified atom stereocenters. The highest BCUT2D eigenvalue weighted by atomic mass is 16.6. The minimum atomic E-state index is -0.814. The molecule has 0 heterocycles. The van der Waals surface area contributed by atoms with E-state index in [1.165, 1.54) is 4.90 Å². The Morgan fingerprint density at radius 3 is 2.29 bits per heavy atom. The van der Waals surface area contributed by atoms with Gasteiger partial charge in [-0.25, -0.2) is 4.79 Å². The predicted octanol–water partition coefficient (Wildman–Crippen LogP) is 5.05. The fourth-order valence-electron chi connectivity index (χ4n) is 3.73. The summed E-state index contributed by atoms with van der Waals surface area (Å²) in [6, 6.07) is 4.29. The van der Waals surface area contributed by atoms with Crippen LogP contribution in [0.5, 0.6) is 0 Å². The van der Waals surface area contributed by atoms with Gasteiger partial charge in [-0.1, -0.05) is 63.8 Å². The number of likely N-dealkylation sites (N-methyl/N-ethyl adjacent to an activating group) is 1. The van der Waals surface area contributed by atoms with Crippen molar-refractivity contribution in [3.63, 3.8) is 0 Å². The Hall–Kier alpha value is -2.57. The second-order valence-corrected chi connectivity index (χ2v) is 10.2. The zero-order chi connectivity index (χ0) is 26.1. The van der Waals surface area contributed by atoms with E-state index in [-0.39, 0.29) is 17.7 Å². The Labute approximate surface area is 206 Å². The third-order valence-electron chi connectivity index (χ3n) is 5.94. The van der Waals surface area contributed by atoms with Crippen molar-refractivity contribution < 1.29 is 19.1 Å². The van der Waals surface area contributed by atoms with Gasteiger partial charge in [0.2, 0.25) is 11.8 Å². The number of carbonyl (C=O) groups is 3. The van der Waals surface area contributed by atoms with E-state index in [9.17, 15) is 14.4 Å². The lowest BCUT2D eigenvalue weighted by Gasteiger charge is -2.34. The number of benzene rings is 1. The van der Waals surface area contributed by atoms with E-state index in [0.29, 0.717) is 13.0 Å². The maximum Gasteiger partial charge on any atom is 0.408 e. The van der Waals surface area contributed by atoms with Crippen LogP contribution in [0.3, 0.4) is 0 Å². The van der Waals surface area contributed by atoms with Gasteiger partial charge in [-0.2, -0.15) is 0 Å². The van der Waals surface area contributed by atoms with Crippen molar-refractivity contribution in [2.24, 2.45) is 5.92 Å². The van der Waals surface area contributed by atoms with Crippen LogP contribution in [-0.4, -0.2) is 48.0 Å². The Kier molecular flexibility index (Phi) is 11.6. The van der Waals surface area contributed by atoms with E-state index < -0.39 is 23.8 Å². The SMILES string of the molecule is CCCCCNC(=O)C(c1cc(C)ccc1C)N(C)C(=O)C(NC(=O)OC(C)(C)C)C(C)CC. The molecule has 0 radical (unpaired) electrons. The monoisotopic (exact) mass is 475 g/mol. The molecular formula is C27H45N3O4. The third kappa shape index (κ3) is 8.99. The van der Waals surface area contributed by atoms with Gasteiger partial charge in [0.25, 0.3) is 0 Å². The minimum absolute atomic E-state index is 0.144. The summed E-state index contributed by atoms with van der Waals surface area (Å²) in [7, 11) is 1.63. The number of rotatable bonds is 11. The van der Waals surface area contributed by atoms with Crippen molar-refractivity contribution in [1.29, 1.82) is 0 Å². The van der Waals surface area contributed by atoms with Crippen LogP contribution in [0.1, 0.15) is 90.0 Å². The van der Waals surface area contributed by atoms with Crippen LogP contribution in [0.15, 0.2) is 18.2 Å². The zero-order valence-corrected chi connectivity index (χ0v) is 22.6. The number of nitrogens with zero attached hydrogens (tertiary/aromatic N) is 1. The van der Waals surface area contributed by atoms with E-state index in [1.54, 1.807) is 27.8 Å². The van der Waals surface area contributed by atoms with E-state index in [1.807, 2.05) is 45.9 Å². The topological polar surface area (TPSA) is 87.7 Å². The quantitative estimate of drug-likeness (QED) is 0.439. The lowest BCUT2D eigenvalue weighted by Crippen LogP contribution is -2.54. The third-order valence-corrected chi connectivity index (χ3v) is 5.94. The summed E-state index contributed by atoms with van der Waals surface area (Å²) >= 11 is 0. The molecule has 3 atom stereocenters. The molecule has 0 aliphatic heterocycles. The van der Waals surface area contributed by atoms with Gasteiger partial charge in [-0.3, -0.25) is 9.59 Å². The number of unbranched alkanes of at least 4 members (excludes halogenated alkanes) is 2. The zero-order valence-electron chi connectivity index (χ0n) is 22.6. The lowest BCUT2D eigenvalue weighted by atomic mass is 9.94. The van der Waals surface area contributed by atoms with Gasteiger partial charge >= 0.3 is 6.09 Å². The number of aryl methyl sites for hydroxylation is 2. The summed E-state index contributed by atoms with van der Waals surface area (Å²) in [4.78, 5) is 41.1. The summed E-state index contributed by atoms with van der Waals surface area (Å²) in [6.07, 6.45) is 3.00. The van der Waals surface area contributed by atoms with Crippen LogP contribution >= 0.6 is 0 Å². The van der Waals surface area contributed by atoms with Crippen LogP contribution in [0.2, 0.25) is 0 Å². The molecule has 0 saturated carbocycles. The molecule has 0 spiro atoms. The van der Waals surface area contributed by atoms with Crippen LogP contribution in [0.25, 0.3) is 0 Å². The molecule has 192 valence electrons.